The van der Waals surface area contributed by atoms with Crippen molar-refractivity contribution in [3.63, 3.8) is 0 Å². The maximum Gasteiger partial charge on any atom is 0.148 e. The predicted molar refractivity (Wildman–Crippen MR) is 64.2 cm³/mol. The summed E-state index contributed by atoms with van der Waals surface area (Å²) in [6.45, 7) is 1.39. The van der Waals surface area contributed by atoms with E-state index < -0.39 is 9.84 Å². The summed E-state index contributed by atoms with van der Waals surface area (Å²) in [5, 5.41) is 3.45. The lowest BCUT2D eigenvalue weighted by Gasteiger charge is -2.27. The van der Waals surface area contributed by atoms with Gasteiger partial charge in [-0.15, -0.1) is 11.6 Å². The Hall–Kier alpha value is 0.200. The fourth-order valence-corrected chi connectivity index (χ4v) is 2.82. The molecule has 1 aliphatic rings. The van der Waals surface area contributed by atoms with Crippen LogP contribution in [0.15, 0.2) is 0 Å². The van der Waals surface area contributed by atoms with E-state index in [0.717, 1.165) is 13.0 Å². The molecule has 0 saturated heterocycles. The average Bonchev–Trinajstić information content (AvgIpc) is 2.13. The minimum atomic E-state index is -2.84. The topological polar surface area (TPSA) is 46.2 Å². The Balaban J connectivity index is 2.14. The second-order valence-corrected chi connectivity index (χ2v) is 7.21. The number of nitrogens with one attached hydrogen (secondary N) is 1. The van der Waals surface area contributed by atoms with Crippen molar-refractivity contribution in [1.82, 2.24) is 5.32 Å². The maximum atomic E-state index is 10.9. The van der Waals surface area contributed by atoms with E-state index in [1.807, 2.05) is 0 Å². The zero-order valence-electron chi connectivity index (χ0n) is 9.21. The summed E-state index contributed by atoms with van der Waals surface area (Å²) in [5.74, 6) is 0.729. The fraction of sp³-hybridized carbons (Fsp3) is 1.00. The second kappa shape index (κ2) is 6.06. The largest absolute Gasteiger partial charge is 0.315 e. The van der Waals surface area contributed by atoms with Crippen LogP contribution >= 0.6 is 11.6 Å². The number of sulfone groups is 1. The molecular formula is C10H20ClNO2S. The van der Waals surface area contributed by atoms with Crippen molar-refractivity contribution >= 4 is 21.4 Å². The molecule has 0 spiro atoms. The van der Waals surface area contributed by atoms with Crippen LogP contribution in [0.1, 0.15) is 25.7 Å². The summed E-state index contributed by atoms with van der Waals surface area (Å²) in [4.78, 5) is 0. The molecule has 0 aromatic heterocycles. The maximum absolute atomic E-state index is 10.9. The van der Waals surface area contributed by atoms with Crippen molar-refractivity contribution in [3.8, 4) is 0 Å². The third-order valence-electron chi connectivity index (χ3n) is 2.87. The number of hydrogen-bond acceptors (Lipinski definition) is 3. The van der Waals surface area contributed by atoms with Gasteiger partial charge < -0.3 is 5.32 Å². The van der Waals surface area contributed by atoms with E-state index >= 15 is 0 Å². The van der Waals surface area contributed by atoms with Crippen LogP contribution in [0.3, 0.4) is 0 Å². The molecule has 1 rings (SSSR count). The second-order valence-electron chi connectivity index (χ2n) is 4.39. The van der Waals surface area contributed by atoms with Crippen LogP contribution < -0.4 is 5.32 Å². The van der Waals surface area contributed by atoms with E-state index in [9.17, 15) is 8.42 Å². The quantitative estimate of drug-likeness (QED) is 0.596. The molecule has 2 unspecified atom stereocenters. The van der Waals surface area contributed by atoms with Crippen LogP contribution in [-0.4, -0.2) is 38.9 Å². The van der Waals surface area contributed by atoms with E-state index in [1.54, 1.807) is 0 Å². The van der Waals surface area contributed by atoms with Gasteiger partial charge in [0.1, 0.15) is 9.84 Å². The number of halogens is 1. The molecule has 1 N–H and O–H groups in total. The highest BCUT2D eigenvalue weighted by Crippen LogP contribution is 2.27. The summed E-state index contributed by atoms with van der Waals surface area (Å²) >= 11 is 6.19. The van der Waals surface area contributed by atoms with Gasteiger partial charge in [0.05, 0.1) is 5.75 Å². The molecule has 15 heavy (non-hydrogen) atoms. The van der Waals surface area contributed by atoms with Crippen LogP contribution in [0.4, 0.5) is 0 Å². The highest BCUT2D eigenvalue weighted by molar-refractivity contribution is 7.90. The van der Waals surface area contributed by atoms with Gasteiger partial charge in [-0.05, 0) is 25.3 Å². The third kappa shape index (κ3) is 5.73. The highest BCUT2D eigenvalue weighted by atomic mass is 35.5. The van der Waals surface area contributed by atoms with Gasteiger partial charge in [0, 0.05) is 18.2 Å². The molecule has 0 heterocycles. The molecule has 5 heteroatoms. The van der Waals surface area contributed by atoms with Gasteiger partial charge in [-0.3, -0.25) is 0 Å². The van der Waals surface area contributed by atoms with Crippen LogP contribution in [0.2, 0.25) is 0 Å². The minimum Gasteiger partial charge on any atom is -0.315 e. The van der Waals surface area contributed by atoms with Gasteiger partial charge in [-0.1, -0.05) is 12.8 Å². The smallest absolute Gasteiger partial charge is 0.148 e. The zero-order chi connectivity index (χ0) is 11.3. The summed E-state index contributed by atoms with van der Waals surface area (Å²) in [6.07, 6.45) is 6.01. The first-order chi connectivity index (χ1) is 6.99. The molecule has 0 amide bonds. The third-order valence-corrected chi connectivity index (χ3v) is 4.39. The van der Waals surface area contributed by atoms with Crippen LogP contribution in [0.25, 0.3) is 0 Å². The lowest BCUT2D eigenvalue weighted by Crippen LogP contribution is -2.33. The lowest BCUT2D eigenvalue weighted by molar-refractivity contribution is 0.351. The zero-order valence-corrected chi connectivity index (χ0v) is 10.8. The van der Waals surface area contributed by atoms with E-state index in [4.69, 9.17) is 11.6 Å². The van der Waals surface area contributed by atoms with E-state index in [-0.39, 0.29) is 11.1 Å². The molecule has 90 valence electrons. The monoisotopic (exact) mass is 253 g/mol. The first-order valence-corrected chi connectivity index (χ1v) is 8.01. The summed E-state index contributed by atoms with van der Waals surface area (Å²) in [5.41, 5.74) is 0. The SMILES string of the molecule is CS(=O)(=O)CCNCC1CCCCC1Cl. The van der Waals surface area contributed by atoms with Gasteiger partial charge in [0.15, 0.2) is 0 Å². The number of hydrogen-bond donors (Lipinski definition) is 1. The normalized spacial score (nSPS) is 27.9. The first kappa shape index (κ1) is 13.3. The fourth-order valence-electron chi connectivity index (χ4n) is 1.94. The van der Waals surface area contributed by atoms with Gasteiger partial charge in [0.2, 0.25) is 0 Å². The predicted octanol–water partition coefficient (Wildman–Crippen LogP) is 1.42. The molecule has 1 fully saturated rings. The molecular weight excluding hydrogens is 234 g/mol. The summed E-state index contributed by atoms with van der Waals surface area (Å²) in [7, 11) is -2.84. The van der Waals surface area contributed by atoms with Crippen molar-refractivity contribution in [3.05, 3.63) is 0 Å². The van der Waals surface area contributed by atoms with Crippen LogP contribution in [0.5, 0.6) is 0 Å². The Kier molecular flexibility index (Phi) is 5.36. The molecule has 1 aliphatic carbocycles. The number of alkyl halides is 1. The van der Waals surface area contributed by atoms with E-state index in [1.165, 1.54) is 25.5 Å². The molecule has 0 aromatic rings. The van der Waals surface area contributed by atoms with Crippen molar-refractivity contribution < 1.29 is 8.42 Å². The van der Waals surface area contributed by atoms with Crippen molar-refractivity contribution in [2.24, 2.45) is 5.92 Å². The summed E-state index contributed by atoms with van der Waals surface area (Å²) in [6, 6.07) is 0. The molecule has 2 atom stereocenters. The summed E-state index contributed by atoms with van der Waals surface area (Å²) < 4.78 is 21.8. The minimum absolute atomic E-state index is 0.215. The van der Waals surface area contributed by atoms with E-state index in [2.05, 4.69) is 5.32 Å². The molecule has 0 radical (unpaired) electrons. The lowest BCUT2D eigenvalue weighted by atomic mass is 9.89. The van der Waals surface area contributed by atoms with Gasteiger partial charge >= 0.3 is 0 Å². The Morgan fingerprint density at radius 1 is 1.33 bits per heavy atom. The molecule has 1 saturated carbocycles. The Morgan fingerprint density at radius 3 is 2.60 bits per heavy atom. The molecule has 3 nitrogen and oxygen atoms in total. The van der Waals surface area contributed by atoms with Crippen molar-refractivity contribution in [2.75, 3.05) is 25.1 Å². The first-order valence-electron chi connectivity index (χ1n) is 5.51. The average molecular weight is 254 g/mol. The molecule has 0 bridgehead atoms. The Morgan fingerprint density at radius 2 is 2.00 bits per heavy atom. The molecule has 0 aliphatic heterocycles. The highest BCUT2D eigenvalue weighted by Gasteiger charge is 2.22. The van der Waals surface area contributed by atoms with Crippen LogP contribution in [-0.2, 0) is 9.84 Å². The standard InChI is InChI=1S/C10H20ClNO2S/c1-15(13,14)7-6-12-8-9-4-2-3-5-10(9)11/h9-10,12H,2-8H2,1H3. The van der Waals surface area contributed by atoms with Crippen LogP contribution in [0, 0.1) is 5.92 Å². The van der Waals surface area contributed by atoms with Crippen molar-refractivity contribution in [1.29, 1.82) is 0 Å². The van der Waals surface area contributed by atoms with Gasteiger partial charge in [0.25, 0.3) is 0 Å². The Labute approximate surface area is 97.5 Å². The molecule has 0 aromatic carbocycles. The number of rotatable bonds is 5. The van der Waals surface area contributed by atoms with E-state index in [0.29, 0.717) is 12.5 Å². The van der Waals surface area contributed by atoms with Crippen molar-refractivity contribution in [2.45, 2.75) is 31.1 Å². The van der Waals surface area contributed by atoms with Gasteiger partial charge in [-0.2, -0.15) is 0 Å². The Bertz CT molecular complexity index is 279. The van der Waals surface area contributed by atoms with Gasteiger partial charge in [-0.25, -0.2) is 8.42 Å².